The molecule has 0 aliphatic carbocycles. The molecule has 0 aliphatic rings. The molecule has 0 bridgehead atoms. The summed E-state index contributed by atoms with van der Waals surface area (Å²) in [5, 5.41) is -0.714. The third kappa shape index (κ3) is 1.99. The lowest BCUT2D eigenvalue weighted by Gasteiger charge is -2.08. The molecule has 0 atom stereocenters. The molecule has 1 aromatic heterocycles. The van der Waals surface area contributed by atoms with Crippen molar-refractivity contribution in [3.63, 3.8) is 0 Å². The predicted molar refractivity (Wildman–Crippen MR) is 65.3 cm³/mol. The maximum Gasteiger partial charge on any atom is 0.334 e. The molecular formula is C10H4BrClF2N2O2. The summed E-state index contributed by atoms with van der Waals surface area (Å²) in [5.74, 6) is -2.20. The Morgan fingerprint density at radius 3 is 2.56 bits per heavy atom. The molecular weight excluding hydrogens is 333 g/mol. The lowest BCUT2D eigenvalue weighted by Crippen LogP contribution is -2.36. The van der Waals surface area contributed by atoms with E-state index < -0.39 is 28.0 Å². The Labute approximate surface area is 112 Å². The molecule has 0 unspecified atom stereocenters. The van der Waals surface area contributed by atoms with Gasteiger partial charge in [0, 0.05) is 4.47 Å². The van der Waals surface area contributed by atoms with Crippen LogP contribution in [0.15, 0.2) is 32.3 Å². The van der Waals surface area contributed by atoms with Gasteiger partial charge in [0.15, 0.2) is 5.15 Å². The second kappa shape index (κ2) is 4.66. The highest BCUT2D eigenvalue weighted by Crippen LogP contribution is 2.21. The van der Waals surface area contributed by atoms with Crippen LogP contribution in [-0.2, 0) is 0 Å². The first-order valence-corrected chi connectivity index (χ1v) is 5.75. The number of benzene rings is 1. The van der Waals surface area contributed by atoms with E-state index in [9.17, 15) is 18.4 Å². The summed E-state index contributed by atoms with van der Waals surface area (Å²) in [6.07, 6.45) is 0. The van der Waals surface area contributed by atoms with Crippen LogP contribution in [0.4, 0.5) is 8.78 Å². The van der Waals surface area contributed by atoms with Crippen LogP contribution in [-0.4, -0.2) is 9.55 Å². The Hall–Kier alpha value is -1.47. The maximum atomic E-state index is 13.6. The normalized spacial score (nSPS) is 10.7. The molecule has 0 fully saturated rings. The number of rotatable bonds is 1. The molecule has 0 saturated heterocycles. The summed E-state index contributed by atoms with van der Waals surface area (Å²) in [7, 11) is 0. The molecule has 2 aromatic rings. The van der Waals surface area contributed by atoms with Gasteiger partial charge >= 0.3 is 5.69 Å². The van der Waals surface area contributed by atoms with Crippen LogP contribution >= 0.6 is 27.5 Å². The Bertz CT molecular complexity index is 721. The van der Waals surface area contributed by atoms with E-state index in [1.54, 1.807) is 0 Å². The molecule has 94 valence electrons. The van der Waals surface area contributed by atoms with Crippen molar-refractivity contribution >= 4 is 27.5 Å². The van der Waals surface area contributed by atoms with Crippen molar-refractivity contribution in [3.8, 4) is 5.69 Å². The minimum absolute atomic E-state index is 0.136. The molecule has 1 N–H and O–H groups in total. The smallest absolute Gasteiger partial charge is 0.295 e. The van der Waals surface area contributed by atoms with Crippen LogP contribution in [0.3, 0.4) is 0 Å². The van der Waals surface area contributed by atoms with Crippen molar-refractivity contribution in [1.82, 2.24) is 9.55 Å². The quantitative estimate of drug-likeness (QED) is 0.811. The van der Waals surface area contributed by atoms with E-state index in [4.69, 9.17) is 11.6 Å². The highest BCUT2D eigenvalue weighted by molar-refractivity contribution is 9.10. The van der Waals surface area contributed by atoms with E-state index in [0.29, 0.717) is 4.57 Å². The minimum Gasteiger partial charge on any atom is -0.295 e. The third-order valence-electron chi connectivity index (χ3n) is 2.16. The van der Waals surface area contributed by atoms with Crippen LogP contribution in [0.1, 0.15) is 0 Å². The van der Waals surface area contributed by atoms with Gasteiger partial charge in [-0.2, -0.15) is 4.39 Å². The largest absolute Gasteiger partial charge is 0.334 e. The number of aromatic nitrogens is 2. The standard InChI is InChI=1S/C10H4BrClF2N2O2/c11-4-2-1-3-5(13)7(4)16-9(17)6(14)8(12)15-10(16)18/h1-3H,(H,15,18). The number of nitrogens with zero attached hydrogens (tertiary/aromatic N) is 1. The second-order valence-electron chi connectivity index (χ2n) is 3.27. The molecule has 0 radical (unpaired) electrons. The average molecular weight is 338 g/mol. The van der Waals surface area contributed by atoms with Gasteiger partial charge in [0.1, 0.15) is 11.5 Å². The first-order chi connectivity index (χ1) is 8.43. The van der Waals surface area contributed by atoms with E-state index in [-0.39, 0.29) is 10.2 Å². The molecule has 4 nitrogen and oxygen atoms in total. The zero-order chi connectivity index (χ0) is 13.4. The molecule has 1 heterocycles. The predicted octanol–water partition coefficient (Wildman–Crippen LogP) is 2.22. The SMILES string of the molecule is O=c1[nH]c(Cl)c(F)c(=O)n1-c1c(F)cccc1Br. The number of hydrogen-bond donors (Lipinski definition) is 1. The Morgan fingerprint density at radius 1 is 1.28 bits per heavy atom. The van der Waals surface area contributed by atoms with Gasteiger partial charge in [-0.1, -0.05) is 17.7 Å². The molecule has 1 aromatic carbocycles. The molecule has 8 heteroatoms. The fourth-order valence-corrected chi connectivity index (χ4v) is 2.08. The van der Waals surface area contributed by atoms with Gasteiger partial charge in [-0.15, -0.1) is 0 Å². The number of aromatic amines is 1. The van der Waals surface area contributed by atoms with Crippen LogP contribution in [0.25, 0.3) is 5.69 Å². The zero-order valence-electron chi connectivity index (χ0n) is 8.51. The average Bonchev–Trinajstić information content (AvgIpc) is 2.30. The summed E-state index contributed by atoms with van der Waals surface area (Å²) >= 11 is 8.30. The second-order valence-corrected chi connectivity index (χ2v) is 4.50. The van der Waals surface area contributed by atoms with Crippen molar-refractivity contribution < 1.29 is 8.78 Å². The van der Waals surface area contributed by atoms with Crippen molar-refractivity contribution in [2.45, 2.75) is 0 Å². The molecule has 0 amide bonds. The van der Waals surface area contributed by atoms with Crippen LogP contribution in [0.2, 0.25) is 5.15 Å². The van der Waals surface area contributed by atoms with Crippen LogP contribution in [0.5, 0.6) is 0 Å². The summed E-state index contributed by atoms with van der Waals surface area (Å²) in [4.78, 5) is 25.1. The number of para-hydroxylation sites is 1. The molecule has 0 aliphatic heterocycles. The number of nitrogens with one attached hydrogen (secondary N) is 1. The van der Waals surface area contributed by atoms with Gasteiger partial charge in [0.05, 0.1) is 0 Å². The Balaban J connectivity index is 2.94. The molecule has 0 saturated carbocycles. The van der Waals surface area contributed by atoms with E-state index in [2.05, 4.69) is 15.9 Å². The molecule has 0 spiro atoms. The monoisotopic (exact) mass is 336 g/mol. The van der Waals surface area contributed by atoms with Crippen molar-refractivity contribution in [2.24, 2.45) is 0 Å². The van der Waals surface area contributed by atoms with Crippen LogP contribution < -0.4 is 11.2 Å². The van der Waals surface area contributed by atoms with E-state index >= 15 is 0 Å². The van der Waals surface area contributed by atoms with Gasteiger partial charge < -0.3 is 0 Å². The minimum atomic E-state index is -1.36. The third-order valence-corrected chi connectivity index (χ3v) is 3.06. The first-order valence-electron chi connectivity index (χ1n) is 4.58. The van der Waals surface area contributed by atoms with E-state index in [1.165, 1.54) is 12.1 Å². The highest BCUT2D eigenvalue weighted by Gasteiger charge is 2.18. The van der Waals surface area contributed by atoms with Gasteiger partial charge in [0.25, 0.3) is 5.56 Å². The van der Waals surface area contributed by atoms with Crippen LogP contribution in [0, 0.1) is 11.6 Å². The Morgan fingerprint density at radius 2 is 1.94 bits per heavy atom. The summed E-state index contributed by atoms with van der Waals surface area (Å²) in [6, 6.07) is 3.82. The number of H-pyrrole nitrogens is 1. The van der Waals surface area contributed by atoms with Crippen molar-refractivity contribution in [2.75, 3.05) is 0 Å². The zero-order valence-corrected chi connectivity index (χ0v) is 10.8. The van der Waals surface area contributed by atoms with Crippen molar-refractivity contribution in [1.29, 1.82) is 0 Å². The van der Waals surface area contributed by atoms with E-state index in [1.807, 2.05) is 4.98 Å². The Kier molecular flexibility index (Phi) is 3.36. The fourth-order valence-electron chi connectivity index (χ4n) is 1.39. The lowest BCUT2D eigenvalue weighted by atomic mass is 10.3. The topological polar surface area (TPSA) is 54.9 Å². The highest BCUT2D eigenvalue weighted by atomic mass is 79.9. The van der Waals surface area contributed by atoms with E-state index in [0.717, 1.165) is 6.07 Å². The summed E-state index contributed by atoms with van der Waals surface area (Å²) in [5.41, 5.74) is -2.73. The summed E-state index contributed by atoms with van der Waals surface area (Å²) < 4.78 is 27.4. The number of hydrogen-bond acceptors (Lipinski definition) is 2. The van der Waals surface area contributed by atoms with Crippen molar-refractivity contribution in [3.05, 3.63) is 60.3 Å². The first kappa shape index (κ1) is 13.0. The van der Waals surface area contributed by atoms with Gasteiger partial charge in [-0.25, -0.2) is 13.8 Å². The fraction of sp³-hybridized carbons (Fsp3) is 0. The van der Waals surface area contributed by atoms with Gasteiger partial charge in [-0.05, 0) is 28.1 Å². The maximum absolute atomic E-state index is 13.6. The lowest BCUT2D eigenvalue weighted by molar-refractivity contribution is 0.571. The number of halogens is 4. The van der Waals surface area contributed by atoms with Gasteiger partial charge in [-0.3, -0.25) is 9.78 Å². The molecule has 2 rings (SSSR count). The van der Waals surface area contributed by atoms with Gasteiger partial charge in [0.2, 0.25) is 5.82 Å². The summed E-state index contributed by atoms with van der Waals surface area (Å²) in [6.45, 7) is 0. The molecule has 18 heavy (non-hydrogen) atoms.